The highest BCUT2D eigenvalue weighted by molar-refractivity contribution is 7.99. The van der Waals surface area contributed by atoms with E-state index >= 15 is 0 Å². The van der Waals surface area contributed by atoms with Crippen LogP contribution in [0.15, 0.2) is 35.5 Å². The van der Waals surface area contributed by atoms with E-state index in [-0.39, 0.29) is 11.7 Å². The van der Waals surface area contributed by atoms with Crippen molar-refractivity contribution in [2.24, 2.45) is 10.9 Å². The summed E-state index contributed by atoms with van der Waals surface area (Å²) >= 11 is 1.90. The van der Waals surface area contributed by atoms with E-state index in [1.807, 2.05) is 30.0 Å². The summed E-state index contributed by atoms with van der Waals surface area (Å²) in [6, 6.07) is 9.13. The number of rotatable bonds is 5. The molecule has 21 heavy (non-hydrogen) atoms. The minimum atomic E-state index is -0.746. The van der Waals surface area contributed by atoms with Crippen LogP contribution < -0.4 is 11.1 Å². The number of nitrogens with one attached hydrogen (secondary N) is 1. The van der Waals surface area contributed by atoms with E-state index in [1.165, 1.54) is 12.8 Å². The highest BCUT2D eigenvalue weighted by Gasteiger charge is 2.26. The first-order valence-electron chi connectivity index (χ1n) is 7.14. The van der Waals surface area contributed by atoms with Gasteiger partial charge in [0.15, 0.2) is 5.84 Å². The third kappa shape index (κ3) is 4.39. The van der Waals surface area contributed by atoms with Gasteiger partial charge in [-0.25, -0.2) is 0 Å². The van der Waals surface area contributed by atoms with Crippen LogP contribution >= 0.6 is 11.8 Å². The summed E-state index contributed by atoms with van der Waals surface area (Å²) in [4.78, 5) is 12.4. The largest absolute Gasteiger partial charge is 0.409 e. The van der Waals surface area contributed by atoms with Crippen molar-refractivity contribution in [2.45, 2.75) is 30.4 Å². The van der Waals surface area contributed by atoms with Crippen LogP contribution in [0.25, 0.3) is 0 Å². The highest BCUT2D eigenvalue weighted by atomic mass is 32.2. The second kappa shape index (κ2) is 7.93. The maximum Gasteiger partial charge on any atom is 0.235 e. The molecule has 1 aromatic rings. The molecule has 5 nitrogen and oxygen atoms in total. The predicted octanol–water partition coefficient (Wildman–Crippen LogP) is 1.92. The van der Waals surface area contributed by atoms with Gasteiger partial charge in [-0.1, -0.05) is 41.9 Å². The zero-order valence-electron chi connectivity index (χ0n) is 11.9. The lowest BCUT2D eigenvalue weighted by atomic mass is 9.97. The molecule has 1 fully saturated rings. The van der Waals surface area contributed by atoms with Crippen molar-refractivity contribution < 1.29 is 10.0 Å². The summed E-state index contributed by atoms with van der Waals surface area (Å²) in [5.41, 5.74) is 6.42. The fourth-order valence-electron chi connectivity index (χ4n) is 2.44. The van der Waals surface area contributed by atoms with E-state index in [1.54, 1.807) is 12.1 Å². The second-order valence-electron chi connectivity index (χ2n) is 5.10. The van der Waals surface area contributed by atoms with E-state index in [0.29, 0.717) is 11.8 Å². The molecule has 1 amide bonds. The highest BCUT2D eigenvalue weighted by Crippen LogP contribution is 2.24. The second-order valence-corrected chi connectivity index (χ2v) is 6.51. The monoisotopic (exact) mass is 307 g/mol. The molecule has 1 aliphatic heterocycles. The maximum atomic E-state index is 12.4. The molecule has 2 rings (SSSR count). The summed E-state index contributed by atoms with van der Waals surface area (Å²) in [5.74, 6) is 0.102. The van der Waals surface area contributed by atoms with E-state index in [9.17, 15) is 4.79 Å². The Hall–Kier alpha value is -1.69. The molecule has 1 aromatic carbocycles. The summed E-state index contributed by atoms with van der Waals surface area (Å²) in [6.07, 6.45) is 3.60. The topological polar surface area (TPSA) is 87.7 Å². The van der Waals surface area contributed by atoms with Gasteiger partial charge in [-0.05, 0) is 24.2 Å². The maximum absolute atomic E-state index is 12.4. The number of benzene rings is 1. The SMILES string of the molecule is N/C(=N/O)C(C(=O)NCC1CCCCS1)c1ccccc1. The summed E-state index contributed by atoms with van der Waals surface area (Å²) in [7, 11) is 0. The minimum Gasteiger partial charge on any atom is -0.409 e. The number of hydrogen-bond donors (Lipinski definition) is 3. The summed E-state index contributed by atoms with van der Waals surface area (Å²) < 4.78 is 0. The number of oxime groups is 1. The number of nitrogens with two attached hydrogens (primary N) is 1. The third-order valence-electron chi connectivity index (χ3n) is 3.58. The quantitative estimate of drug-likeness (QED) is 0.336. The zero-order valence-corrected chi connectivity index (χ0v) is 12.7. The van der Waals surface area contributed by atoms with Gasteiger partial charge in [-0.3, -0.25) is 4.79 Å². The fraction of sp³-hybridized carbons (Fsp3) is 0.467. The molecule has 114 valence electrons. The van der Waals surface area contributed by atoms with Gasteiger partial charge in [0.1, 0.15) is 5.92 Å². The average Bonchev–Trinajstić information content (AvgIpc) is 2.55. The van der Waals surface area contributed by atoms with E-state index in [4.69, 9.17) is 10.9 Å². The van der Waals surface area contributed by atoms with Crippen molar-refractivity contribution in [2.75, 3.05) is 12.3 Å². The normalized spacial score (nSPS) is 20.8. The molecule has 0 saturated carbocycles. The Kier molecular flexibility index (Phi) is 5.92. The number of hydrogen-bond acceptors (Lipinski definition) is 4. The van der Waals surface area contributed by atoms with E-state index in [2.05, 4.69) is 10.5 Å². The lowest BCUT2D eigenvalue weighted by Gasteiger charge is -2.23. The van der Waals surface area contributed by atoms with Gasteiger partial charge in [0.25, 0.3) is 0 Å². The molecular formula is C15H21N3O2S. The van der Waals surface area contributed by atoms with Gasteiger partial charge in [0.05, 0.1) is 0 Å². The first-order valence-corrected chi connectivity index (χ1v) is 8.19. The molecule has 0 radical (unpaired) electrons. The van der Waals surface area contributed by atoms with Gasteiger partial charge < -0.3 is 16.3 Å². The molecule has 0 aromatic heterocycles. The van der Waals surface area contributed by atoms with Crippen molar-refractivity contribution in [3.8, 4) is 0 Å². The number of amidine groups is 1. The lowest BCUT2D eigenvalue weighted by molar-refractivity contribution is -0.121. The molecule has 6 heteroatoms. The first kappa shape index (κ1) is 15.7. The molecule has 0 bridgehead atoms. The van der Waals surface area contributed by atoms with Crippen LogP contribution in [0.3, 0.4) is 0 Å². The van der Waals surface area contributed by atoms with Gasteiger partial charge in [0.2, 0.25) is 5.91 Å². The van der Waals surface area contributed by atoms with Crippen LogP contribution in [0.1, 0.15) is 30.7 Å². The Bertz CT molecular complexity index is 487. The molecule has 1 heterocycles. The molecule has 4 N–H and O–H groups in total. The van der Waals surface area contributed by atoms with Crippen molar-refractivity contribution in [1.82, 2.24) is 5.32 Å². The number of amides is 1. The lowest BCUT2D eigenvalue weighted by Crippen LogP contribution is -2.40. The van der Waals surface area contributed by atoms with Crippen molar-refractivity contribution in [3.05, 3.63) is 35.9 Å². The molecule has 0 spiro atoms. The molecular weight excluding hydrogens is 286 g/mol. The van der Waals surface area contributed by atoms with Crippen LogP contribution in [-0.4, -0.2) is 34.5 Å². The molecule has 1 aliphatic rings. The van der Waals surface area contributed by atoms with Crippen LogP contribution in [0.5, 0.6) is 0 Å². The smallest absolute Gasteiger partial charge is 0.235 e. The molecule has 2 unspecified atom stereocenters. The number of carbonyl (C=O) groups excluding carboxylic acids is 1. The average molecular weight is 307 g/mol. The van der Waals surface area contributed by atoms with Crippen LogP contribution in [0.4, 0.5) is 0 Å². The fourth-order valence-corrected chi connectivity index (χ4v) is 3.68. The predicted molar refractivity (Wildman–Crippen MR) is 85.7 cm³/mol. The van der Waals surface area contributed by atoms with Crippen molar-refractivity contribution in [1.29, 1.82) is 0 Å². The number of nitrogens with zero attached hydrogens (tertiary/aromatic N) is 1. The molecule has 1 saturated heterocycles. The van der Waals surface area contributed by atoms with Crippen molar-refractivity contribution in [3.63, 3.8) is 0 Å². The Labute approximate surface area is 129 Å². The Morgan fingerprint density at radius 3 is 2.81 bits per heavy atom. The number of thioether (sulfide) groups is 1. The molecule has 0 aliphatic carbocycles. The Morgan fingerprint density at radius 1 is 1.43 bits per heavy atom. The standard InChI is InChI=1S/C15H21N3O2S/c16-14(18-20)13(11-6-2-1-3-7-11)15(19)17-10-12-8-4-5-9-21-12/h1-3,6-7,12-13,20H,4-5,8-10H2,(H2,16,18)(H,17,19). The third-order valence-corrected chi connectivity index (χ3v) is 4.98. The van der Waals surface area contributed by atoms with Gasteiger partial charge in [-0.2, -0.15) is 11.8 Å². The van der Waals surface area contributed by atoms with Gasteiger partial charge in [0, 0.05) is 11.8 Å². The summed E-state index contributed by atoms with van der Waals surface area (Å²) in [6.45, 7) is 0.630. The minimum absolute atomic E-state index is 0.0880. The Balaban J connectivity index is 2.01. The van der Waals surface area contributed by atoms with Crippen molar-refractivity contribution >= 4 is 23.5 Å². The Morgan fingerprint density at radius 2 is 2.19 bits per heavy atom. The zero-order chi connectivity index (χ0) is 15.1. The molecule has 2 atom stereocenters. The van der Waals surface area contributed by atoms with Gasteiger partial charge in [-0.15, -0.1) is 0 Å². The van der Waals surface area contributed by atoms with Gasteiger partial charge >= 0.3 is 0 Å². The van der Waals surface area contributed by atoms with E-state index < -0.39 is 5.92 Å². The van der Waals surface area contributed by atoms with Crippen LogP contribution in [-0.2, 0) is 4.79 Å². The van der Waals surface area contributed by atoms with Crippen LogP contribution in [0.2, 0.25) is 0 Å². The summed E-state index contributed by atoms with van der Waals surface area (Å²) in [5, 5.41) is 15.3. The van der Waals surface area contributed by atoms with Crippen LogP contribution in [0, 0.1) is 0 Å². The van der Waals surface area contributed by atoms with E-state index in [0.717, 1.165) is 17.7 Å². The first-order chi connectivity index (χ1) is 10.2. The number of carbonyl (C=O) groups is 1.